The Bertz CT molecular complexity index is 805. The van der Waals surface area contributed by atoms with E-state index in [1.807, 2.05) is 6.07 Å². The van der Waals surface area contributed by atoms with E-state index in [9.17, 15) is 9.18 Å². The average Bonchev–Trinajstić information content (AvgIpc) is 2.53. The molecule has 4 nitrogen and oxygen atoms in total. The average molecular weight is 332 g/mol. The molecule has 0 saturated carbocycles. The first-order chi connectivity index (χ1) is 10.9. The van der Waals surface area contributed by atoms with Crippen LogP contribution in [0.15, 0.2) is 30.3 Å². The molecule has 0 atom stereocenters. The highest BCUT2D eigenvalue weighted by atomic mass is 35.5. The number of esters is 1. The van der Waals surface area contributed by atoms with E-state index in [1.165, 1.54) is 13.2 Å². The Kier molecular flexibility index (Phi) is 5.25. The van der Waals surface area contributed by atoms with Gasteiger partial charge in [0.1, 0.15) is 25.2 Å². The van der Waals surface area contributed by atoms with Crippen molar-refractivity contribution in [3.63, 3.8) is 0 Å². The van der Waals surface area contributed by atoms with Crippen LogP contribution >= 0.6 is 11.6 Å². The van der Waals surface area contributed by atoms with Crippen molar-refractivity contribution in [1.29, 1.82) is 5.26 Å². The number of nitrogens with zero attached hydrogens (tertiary/aromatic N) is 1. The number of benzene rings is 2. The van der Waals surface area contributed by atoms with E-state index in [4.69, 9.17) is 21.6 Å². The lowest BCUT2D eigenvalue weighted by Gasteiger charge is -2.12. The SMILES string of the molecule is Bc1cc(C#N)ccc1Oc1cc(F)c(CC(=O)OC)cc1Cl. The van der Waals surface area contributed by atoms with Crippen molar-refractivity contribution in [3.05, 3.63) is 52.3 Å². The van der Waals surface area contributed by atoms with E-state index < -0.39 is 11.8 Å². The topological polar surface area (TPSA) is 59.3 Å². The molecule has 0 unspecified atom stereocenters. The smallest absolute Gasteiger partial charge is 0.310 e. The highest BCUT2D eigenvalue weighted by molar-refractivity contribution is 6.34. The standard InChI is InChI=1S/C16H12BClFNO3/c1-22-16(21)6-10-5-12(18)15(7-13(10)19)23-14-3-2-9(8-20)4-11(14)17/h2-5,7H,6,17H2,1H3. The molecule has 0 bridgehead atoms. The first-order valence-electron chi connectivity index (χ1n) is 6.68. The lowest BCUT2D eigenvalue weighted by atomic mass is 9.93. The van der Waals surface area contributed by atoms with Gasteiger partial charge in [-0.2, -0.15) is 5.26 Å². The van der Waals surface area contributed by atoms with Gasteiger partial charge in [-0.25, -0.2) is 4.39 Å². The maximum absolute atomic E-state index is 14.1. The quantitative estimate of drug-likeness (QED) is 0.636. The second-order valence-corrected chi connectivity index (χ2v) is 5.23. The van der Waals surface area contributed by atoms with Crippen LogP contribution in [0, 0.1) is 17.1 Å². The number of carbonyl (C=O) groups excluding carboxylic acids is 1. The van der Waals surface area contributed by atoms with E-state index in [2.05, 4.69) is 4.74 Å². The van der Waals surface area contributed by atoms with Crippen LogP contribution in [0.2, 0.25) is 5.02 Å². The third-order valence-electron chi connectivity index (χ3n) is 3.19. The zero-order valence-electron chi connectivity index (χ0n) is 12.5. The normalized spacial score (nSPS) is 10.0. The van der Waals surface area contributed by atoms with Gasteiger partial charge in [0.25, 0.3) is 0 Å². The fraction of sp³-hybridized carbons (Fsp3) is 0.125. The molecule has 116 valence electrons. The predicted octanol–water partition coefficient (Wildman–Crippen LogP) is 2.12. The summed E-state index contributed by atoms with van der Waals surface area (Å²) < 4.78 is 24.2. The van der Waals surface area contributed by atoms with Gasteiger partial charge in [-0.15, -0.1) is 0 Å². The minimum absolute atomic E-state index is 0.130. The third kappa shape index (κ3) is 4.02. The van der Waals surface area contributed by atoms with Gasteiger partial charge in [0.05, 0.1) is 30.2 Å². The molecule has 0 heterocycles. The molecular formula is C16H12BClFNO3. The van der Waals surface area contributed by atoms with Crippen LogP contribution in [0.4, 0.5) is 4.39 Å². The van der Waals surface area contributed by atoms with Gasteiger partial charge in [-0.05, 0) is 29.7 Å². The lowest BCUT2D eigenvalue weighted by Crippen LogP contribution is -2.08. The Labute approximate surface area is 138 Å². The number of carbonyl (C=O) groups is 1. The van der Waals surface area contributed by atoms with Gasteiger partial charge in [0.2, 0.25) is 0 Å². The number of rotatable bonds is 4. The molecule has 0 radical (unpaired) electrons. The van der Waals surface area contributed by atoms with Gasteiger partial charge < -0.3 is 9.47 Å². The van der Waals surface area contributed by atoms with E-state index in [0.29, 0.717) is 11.3 Å². The molecule has 0 amide bonds. The first-order valence-corrected chi connectivity index (χ1v) is 7.05. The summed E-state index contributed by atoms with van der Waals surface area (Å²) in [5.74, 6) is -0.575. The summed E-state index contributed by atoms with van der Waals surface area (Å²) in [6, 6.07) is 9.35. The summed E-state index contributed by atoms with van der Waals surface area (Å²) in [4.78, 5) is 11.2. The third-order valence-corrected chi connectivity index (χ3v) is 3.48. The lowest BCUT2D eigenvalue weighted by molar-refractivity contribution is -0.139. The molecule has 7 heteroatoms. The fourth-order valence-electron chi connectivity index (χ4n) is 1.96. The fourth-order valence-corrected chi connectivity index (χ4v) is 2.19. The van der Waals surface area contributed by atoms with Gasteiger partial charge in [0.15, 0.2) is 0 Å². The largest absolute Gasteiger partial charge is 0.469 e. The molecule has 0 fully saturated rings. The van der Waals surface area contributed by atoms with Gasteiger partial charge in [-0.1, -0.05) is 11.6 Å². The number of halogens is 2. The van der Waals surface area contributed by atoms with Crippen LogP contribution in [0.1, 0.15) is 11.1 Å². The molecule has 0 aliphatic rings. The number of hydrogen-bond acceptors (Lipinski definition) is 4. The Balaban J connectivity index is 2.29. The summed E-state index contributed by atoms with van der Waals surface area (Å²) in [6.45, 7) is 0. The van der Waals surface area contributed by atoms with Gasteiger partial charge >= 0.3 is 5.97 Å². The van der Waals surface area contributed by atoms with Crippen LogP contribution in [-0.4, -0.2) is 20.9 Å². The number of methoxy groups -OCH3 is 1. The molecule has 0 N–H and O–H groups in total. The Hall–Kier alpha value is -2.52. The second-order valence-electron chi connectivity index (χ2n) is 4.82. The predicted molar refractivity (Wildman–Crippen MR) is 86.5 cm³/mol. The van der Waals surface area contributed by atoms with Crippen LogP contribution in [0.5, 0.6) is 11.5 Å². The van der Waals surface area contributed by atoms with Crippen LogP contribution in [0.25, 0.3) is 0 Å². The zero-order valence-corrected chi connectivity index (χ0v) is 13.3. The number of ether oxygens (including phenoxy) is 2. The highest BCUT2D eigenvalue weighted by Crippen LogP contribution is 2.31. The molecule has 0 aromatic heterocycles. The Morgan fingerprint density at radius 1 is 1.35 bits per heavy atom. The number of hydrogen-bond donors (Lipinski definition) is 0. The van der Waals surface area contributed by atoms with Crippen molar-refractivity contribution in [2.24, 2.45) is 0 Å². The molecule has 2 aromatic rings. The van der Waals surface area contributed by atoms with Crippen molar-refractivity contribution in [2.75, 3.05) is 7.11 Å². The summed E-state index contributed by atoms with van der Waals surface area (Å²) in [5.41, 5.74) is 1.35. The zero-order chi connectivity index (χ0) is 17.0. The van der Waals surface area contributed by atoms with E-state index in [-0.39, 0.29) is 22.8 Å². The molecular weight excluding hydrogens is 319 g/mol. The van der Waals surface area contributed by atoms with Gasteiger partial charge in [-0.3, -0.25) is 4.79 Å². The summed E-state index contributed by atoms with van der Waals surface area (Å²) in [6.07, 6.45) is -0.210. The molecule has 23 heavy (non-hydrogen) atoms. The monoisotopic (exact) mass is 331 g/mol. The minimum Gasteiger partial charge on any atom is -0.469 e. The van der Waals surface area contributed by atoms with Gasteiger partial charge in [0, 0.05) is 11.6 Å². The van der Waals surface area contributed by atoms with Crippen molar-refractivity contribution in [2.45, 2.75) is 6.42 Å². The van der Waals surface area contributed by atoms with Crippen LogP contribution < -0.4 is 10.2 Å². The van der Waals surface area contributed by atoms with E-state index >= 15 is 0 Å². The summed E-state index contributed by atoms with van der Waals surface area (Å²) in [7, 11) is 3.00. The van der Waals surface area contributed by atoms with Crippen molar-refractivity contribution >= 4 is 30.9 Å². The van der Waals surface area contributed by atoms with Crippen LogP contribution in [0.3, 0.4) is 0 Å². The number of nitriles is 1. The van der Waals surface area contributed by atoms with Crippen molar-refractivity contribution in [3.8, 4) is 17.6 Å². The first kappa shape index (κ1) is 16.8. The van der Waals surface area contributed by atoms with Crippen molar-refractivity contribution < 1.29 is 18.7 Å². The van der Waals surface area contributed by atoms with E-state index in [0.717, 1.165) is 11.5 Å². The second kappa shape index (κ2) is 7.16. The molecule has 2 aromatic carbocycles. The Morgan fingerprint density at radius 3 is 2.70 bits per heavy atom. The summed E-state index contributed by atoms with van der Waals surface area (Å²) >= 11 is 6.09. The highest BCUT2D eigenvalue weighted by Gasteiger charge is 2.14. The molecule has 0 saturated heterocycles. The minimum atomic E-state index is -0.610. The molecule has 0 spiro atoms. The van der Waals surface area contributed by atoms with Crippen LogP contribution in [-0.2, 0) is 16.0 Å². The Morgan fingerprint density at radius 2 is 2.09 bits per heavy atom. The van der Waals surface area contributed by atoms with Crippen molar-refractivity contribution in [1.82, 2.24) is 0 Å². The van der Waals surface area contributed by atoms with E-state index in [1.54, 1.807) is 26.0 Å². The maximum Gasteiger partial charge on any atom is 0.310 e. The maximum atomic E-state index is 14.1. The molecule has 2 rings (SSSR count). The molecule has 0 aliphatic heterocycles. The summed E-state index contributed by atoms with van der Waals surface area (Å²) in [5, 5.41) is 9.02. The molecule has 0 aliphatic carbocycles.